The SMILES string of the molecule is Cn1c(=O)c2ccc(-c3cnc(N4CCN5C(=O)C(CCO[Si](C)(C)C(C)(C)C)N[C@H]5C4)nc3)cc2n1Cc1ccccc1OC(F)F. The number of piperazine rings is 1. The van der Waals surface area contributed by atoms with Gasteiger partial charge in [-0.1, -0.05) is 45.0 Å². The van der Waals surface area contributed by atoms with Crippen LogP contribution in [0.15, 0.2) is 59.7 Å². The van der Waals surface area contributed by atoms with Crippen molar-refractivity contribution < 1.29 is 22.7 Å². The van der Waals surface area contributed by atoms with E-state index < -0.39 is 14.9 Å². The third kappa shape index (κ3) is 6.60. The zero-order valence-electron chi connectivity index (χ0n) is 28.2. The molecule has 2 atom stereocenters. The number of aromatic nitrogens is 4. The summed E-state index contributed by atoms with van der Waals surface area (Å²) in [6.07, 6.45) is 4.02. The fourth-order valence-corrected chi connectivity index (χ4v) is 7.17. The van der Waals surface area contributed by atoms with Gasteiger partial charge < -0.3 is 19.0 Å². The number of alkyl halides is 2. The fraction of sp³-hybridized carbons (Fsp3) is 0.471. The van der Waals surface area contributed by atoms with Crippen LogP contribution in [0.1, 0.15) is 32.8 Å². The van der Waals surface area contributed by atoms with Crippen LogP contribution in [-0.2, 0) is 22.8 Å². The van der Waals surface area contributed by atoms with Crippen LogP contribution < -0.4 is 20.5 Å². The number of carbonyl (C=O) groups excluding carboxylic acids is 1. The molecule has 0 saturated carbocycles. The molecule has 11 nitrogen and oxygen atoms in total. The number of para-hydroxylation sites is 1. The Bertz CT molecular complexity index is 1850. The van der Waals surface area contributed by atoms with Crippen molar-refractivity contribution in [2.75, 3.05) is 31.1 Å². The maximum Gasteiger partial charge on any atom is 0.387 e. The minimum Gasteiger partial charge on any atom is -0.434 e. The third-order valence-corrected chi connectivity index (χ3v) is 14.5. The van der Waals surface area contributed by atoms with Gasteiger partial charge in [0.1, 0.15) is 11.9 Å². The monoisotopic (exact) mass is 679 g/mol. The zero-order chi connectivity index (χ0) is 34.4. The highest BCUT2D eigenvalue weighted by Gasteiger charge is 2.43. The summed E-state index contributed by atoms with van der Waals surface area (Å²) >= 11 is 0. The molecule has 1 amide bonds. The van der Waals surface area contributed by atoms with Crippen molar-refractivity contribution in [1.82, 2.24) is 29.5 Å². The van der Waals surface area contributed by atoms with E-state index in [1.54, 1.807) is 48.4 Å². The lowest BCUT2D eigenvalue weighted by molar-refractivity contribution is -0.130. The van der Waals surface area contributed by atoms with E-state index in [9.17, 15) is 18.4 Å². The Morgan fingerprint density at radius 3 is 2.48 bits per heavy atom. The Morgan fingerprint density at radius 2 is 1.77 bits per heavy atom. The van der Waals surface area contributed by atoms with Crippen LogP contribution in [0, 0.1) is 0 Å². The number of hydrogen-bond donors (Lipinski definition) is 1. The van der Waals surface area contributed by atoms with E-state index in [2.05, 4.69) is 54.0 Å². The van der Waals surface area contributed by atoms with Crippen molar-refractivity contribution in [3.63, 3.8) is 0 Å². The zero-order valence-corrected chi connectivity index (χ0v) is 29.2. The lowest BCUT2D eigenvalue weighted by Gasteiger charge is -2.37. The van der Waals surface area contributed by atoms with Crippen molar-refractivity contribution in [2.24, 2.45) is 7.05 Å². The molecular weight excluding hydrogens is 637 g/mol. The van der Waals surface area contributed by atoms with Crippen molar-refractivity contribution in [2.45, 2.75) is 70.7 Å². The second-order valence-electron chi connectivity index (χ2n) is 14.0. The molecule has 4 aromatic rings. The summed E-state index contributed by atoms with van der Waals surface area (Å²) in [5.41, 5.74) is 2.54. The van der Waals surface area contributed by atoms with Crippen LogP contribution in [-0.4, -0.2) is 83.5 Å². The molecule has 0 aliphatic carbocycles. The van der Waals surface area contributed by atoms with Gasteiger partial charge in [0.05, 0.1) is 30.0 Å². The van der Waals surface area contributed by atoms with Crippen LogP contribution in [0.5, 0.6) is 5.75 Å². The summed E-state index contributed by atoms with van der Waals surface area (Å²) in [7, 11) is -0.237. The second kappa shape index (κ2) is 13.0. The number of anilines is 1. The number of rotatable bonds is 10. The third-order valence-electron chi connectivity index (χ3n) is 9.96. The number of hydrogen-bond acceptors (Lipinski definition) is 8. The second-order valence-corrected chi connectivity index (χ2v) is 18.8. The molecule has 48 heavy (non-hydrogen) atoms. The van der Waals surface area contributed by atoms with Crippen LogP contribution in [0.3, 0.4) is 0 Å². The summed E-state index contributed by atoms with van der Waals surface area (Å²) in [4.78, 5) is 39.5. The molecule has 1 N–H and O–H groups in total. The molecule has 6 rings (SSSR count). The number of nitrogens with zero attached hydrogens (tertiary/aromatic N) is 6. The van der Waals surface area contributed by atoms with E-state index >= 15 is 0 Å². The molecule has 2 aliphatic heterocycles. The van der Waals surface area contributed by atoms with Gasteiger partial charge in [-0.25, -0.2) is 9.97 Å². The van der Waals surface area contributed by atoms with Gasteiger partial charge in [0.25, 0.3) is 5.56 Å². The van der Waals surface area contributed by atoms with Gasteiger partial charge in [0.15, 0.2) is 8.32 Å². The van der Waals surface area contributed by atoms with Crippen LogP contribution in [0.2, 0.25) is 18.1 Å². The minimum atomic E-state index is -2.96. The molecule has 2 saturated heterocycles. The highest BCUT2D eigenvalue weighted by Crippen LogP contribution is 2.37. The molecule has 0 spiro atoms. The molecule has 256 valence electrons. The van der Waals surface area contributed by atoms with E-state index in [-0.39, 0.29) is 41.0 Å². The first-order valence-electron chi connectivity index (χ1n) is 16.2. The first-order chi connectivity index (χ1) is 22.7. The van der Waals surface area contributed by atoms with E-state index in [0.717, 1.165) is 11.1 Å². The number of amides is 1. The molecule has 1 unspecified atom stereocenters. The van der Waals surface area contributed by atoms with E-state index in [0.29, 0.717) is 55.1 Å². The number of halogens is 2. The van der Waals surface area contributed by atoms with Crippen molar-refractivity contribution in [3.8, 4) is 16.9 Å². The lowest BCUT2D eigenvalue weighted by atomic mass is 10.1. The Labute approximate surface area is 279 Å². The normalized spacial score (nSPS) is 18.6. The van der Waals surface area contributed by atoms with E-state index in [1.165, 1.54) is 10.7 Å². The van der Waals surface area contributed by atoms with Gasteiger partial charge >= 0.3 is 6.61 Å². The molecule has 0 bridgehead atoms. The van der Waals surface area contributed by atoms with Crippen LogP contribution in [0.4, 0.5) is 14.7 Å². The van der Waals surface area contributed by atoms with Gasteiger partial charge in [0.2, 0.25) is 11.9 Å². The smallest absolute Gasteiger partial charge is 0.387 e. The maximum atomic E-state index is 13.1. The first kappa shape index (κ1) is 33.7. The number of carbonyl (C=O) groups is 1. The average Bonchev–Trinajstić information content (AvgIpc) is 3.48. The van der Waals surface area contributed by atoms with E-state index in [1.807, 2.05) is 17.0 Å². The molecule has 2 aromatic carbocycles. The Morgan fingerprint density at radius 1 is 1.04 bits per heavy atom. The lowest BCUT2D eigenvalue weighted by Crippen LogP contribution is -2.55. The number of ether oxygens (including phenoxy) is 1. The largest absolute Gasteiger partial charge is 0.434 e. The maximum absolute atomic E-state index is 13.1. The summed E-state index contributed by atoms with van der Waals surface area (Å²) in [5, 5.41) is 4.13. The van der Waals surface area contributed by atoms with Gasteiger partial charge in [-0.05, 0) is 48.3 Å². The van der Waals surface area contributed by atoms with E-state index in [4.69, 9.17) is 9.16 Å². The predicted octanol–water partition coefficient (Wildman–Crippen LogP) is 4.81. The quantitative estimate of drug-likeness (QED) is 0.238. The van der Waals surface area contributed by atoms with Crippen molar-refractivity contribution in [1.29, 1.82) is 0 Å². The minimum absolute atomic E-state index is 0.0612. The van der Waals surface area contributed by atoms with Crippen LogP contribution >= 0.6 is 0 Å². The number of fused-ring (bicyclic) bond motifs is 2. The summed E-state index contributed by atoms with van der Waals surface area (Å²) < 4.78 is 40.3. The Balaban J connectivity index is 1.15. The molecule has 2 aliphatic rings. The number of benzene rings is 2. The van der Waals surface area contributed by atoms with Crippen molar-refractivity contribution in [3.05, 3.63) is 70.8 Å². The number of nitrogens with one attached hydrogen (secondary N) is 1. The van der Waals surface area contributed by atoms with Gasteiger partial charge in [0, 0.05) is 50.3 Å². The fourth-order valence-electron chi connectivity index (χ4n) is 6.11. The highest BCUT2D eigenvalue weighted by atomic mass is 28.4. The standard InChI is InChI=1S/C34H43F2N7O4Si/c1-34(2,3)48(5,6)46-16-13-26-31(45)42-15-14-41(21-29(42)39-26)33-37-18-24(19-38-33)22-11-12-25-27(17-22)43(40(4)30(25)44)20-23-9-7-8-10-28(23)47-32(35)36/h7-12,17-19,26,29,32,39H,13-16,20-21H2,1-6H3/t26?,29-/m1/s1. The summed E-state index contributed by atoms with van der Waals surface area (Å²) in [6.45, 7) is 10.6. The molecule has 0 radical (unpaired) electrons. The van der Waals surface area contributed by atoms with Crippen LogP contribution in [0.25, 0.3) is 22.0 Å². The van der Waals surface area contributed by atoms with Gasteiger partial charge in [-0.15, -0.1) is 0 Å². The Hall–Kier alpha value is -4.14. The summed E-state index contributed by atoms with van der Waals surface area (Å²) in [5.74, 6) is 0.756. The Kier molecular flexibility index (Phi) is 9.17. The topological polar surface area (TPSA) is 107 Å². The molecular formula is C34H43F2N7O4Si. The van der Waals surface area contributed by atoms with Gasteiger partial charge in [-0.3, -0.25) is 24.3 Å². The summed E-state index contributed by atoms with van der Waals surface area (Å²) in [6, 6.07) is 11.8. The molecule has 2 aromatic heterocycles. The highest BCUT2D eigenvalue weighted by molar-refractivity contribution is 6.74. The average molecular weight is 680 g/mol. The van der Waals surface area contributed by atoms with Crippen molar-refractivity contribution >= 4 is 31.1 Å². The molecule has 14 heteroatoms. The molecule has 4 heterocycles. The van der Waals surface area contributed by atoms with Gasteiger partial charge in [-0.2, -0.15) is 8.78 Å². The first-order valence-corrected chi connectivity index (χ1v) is 19.1. The molecule has 2 fully saturated rings. The predicted molar refractivity (Wildman–Crippen MR) is 183 cm³/mol.